The van der Waals surface area contributed by atoms with Crippen molar-refractivity contribution >= 4 is 35.1 Å². The van der Waals surface area contributed by atoms with Crippen molar-refractivity contribution < 1.29 is 14.3 Å². The Morgan fingerprint density at radius 1 is 1.32 bits per heavy atom. The monoisotopic (exact) mass is 343 g/mol. The van der Waals surface area contributed by atoms with Crippen molar-refractivity contribution in [3.63, 3.8) is 0 Å². The Balaban J connectivity index is 1.82. The Morgan fingerprint density at radius 2 is 2.00 bits per heavy atom. The highest BCUT2D eigenvalue weighted by atomic mass is 35.5. The maximum atomic E-state index is 11.9. The van der Waals surface area contributed by atoms with Crippen LogP contribution in [0.15, 0.2) is 18.2 Å². The van der Waals surface area contributed by atoms with Gasteiger partial charge >= 0.3 is 5.97 Å². The minimum atomic E-state index is -0.343. The molecule has 0 bridgehead atoms. The van der Waals surface area contributed by atoms with E-state index in [0.29, 0.717) is 10.0 Å². The summed E-state index contributed by atoms with van der Waals surface area (Å²) >= 11 is 11.9. The molecule has 120 valence electrons. The van der Waals surface area contributed by atoms with Crippen LogP contribution < -0.4 is 5.32 Å². The van der Waals surface area contributed by atoms with Gasteiger partial charge in [-0.25, -0.2) is 0 Å². The predicted octanol–water partition coefficient (Wildman–Crippen LogP) is 3.90. The molecule has 6 heteroatoms. The summed E-state index contributed by atoms with van der Waals surface area (Å²) in [5.41, 5.74) is 0.765. The van der Waals surface area contributed by atoms with E-state index in [1.807, 2.05) is 6.92 Å². The number of hydrogen-bond donors (Lipinski definition) is 1. The minimum Gasteiger partial charge on any atom is -0.455 e. The van der Waals surface area contributed by atoms with Crippen molar-refractivity contribution in [3.8, 4) is 0 Å². The molecule has 0 aromatic heterocycles. The average molecular weight is 344 g/mol. The summed E-state index contributed by atoms with van der Waals surface area (Å²) in [4.78, 5) is 23.6. The first-order chi connectivity index (χ1) is 10.5. The Hall–Kier alpha value is -1.26. The van der Waals surface area contributed by atoms with Crippen LogP contribution in [0.1, 0.15) is 44.2 Å². The first kappa shape index (κ1) is 17.1. The van der Waals surface area contributed by atoms with Crippen LogP contribution in [0.25, 0.3) is 0 Å². The normalized spacial score (nSPS) is 16.3. The van der Waals surface area contributed by atoms with Gasteiger partial charge in [0.1, 0.15) is 0 Å². The summed E-state index contributed by atoms with van der Waals surface area (Å²) in [6.07, 6.45) is 3.82. The first-order valence-corrected chi connectivity index (χ1v) is 8.14. The quantitative estimate of drug-likeness (QED) is 0.824. The fraction of sp³-hybridized carbons (Fsp3) is 0.500. The van der Waals surface area contributed by atoms with Gasteiger partial charge in [0.15, 0.2) is 6.61 Å². The molecule has 0 unspecified atom stereocenters. The van der Waals surface area contributed by atoms with E-state index in [4.69, 9.17) is 27.9 Å². The van der Waals surface area contributed by atoms with Crippen LogP contribution in [0.5, 0.6) is 0 Å². The van der Waals surface area contributed by atoms with E-state index in [1.54, 1.807) is 18.2 Å². The third-order valence-electron chi connectivity index (χ3n) is 3.84. The molecule has 0 aliphatic heterocycles. The Morgan fingerprint density at radius 3 is 2.64 bits per heavy atom. The summed E-state index contributed by atoms with van der Waals surface area (Å²) < 4.78 is 5.07. The lowest BCUT2D eigenvalue weighted by atomic mass is 10.1. The molecule has 1 amide bonds. The van der Waals surface area contributed by atoms with Crippen LogP contribution in [0, 0.1) is 5.92 Å². The molecule has 1 aromatic carbocycles. The molecule has 1 fully saturated rings. The van der Waals surface area contributed by atoms with Gasteiger partial charge in [-0.1, -0.05) is 42.1 Å². The van der Waals surface area contributed by atoms with Crippen LogP contribution in [0.3, 0.4) is 0 Å². The van der Waals surface area contributed by atoms with Crippen molar-refractivity contribution in [1.29, 1.82) is 0 Å². The van der Waals surface area contributed by atoms with Crippen molar-refractivity contribution in [1.82, 2.24) is 5.32 Å². The lowest BCUT2D eigenvalue weighted by Gasteiger charge is -2.16. The van der Waals surface area contributed by atoms with Gasteiger partial charge in [0, 0.05) is 10.0 Å². The van der Waals surface area contributed by atoms with Crippen molar-refractivity contribution in [3.05, 3.63) is 33.8 Å². The SMILES string of the molecule is C[C@@H](NC(=O)COC(=O)C1CCCC1)c1ccc(Cl)cc1Cl. The summed E-state index contributed by atoms with van der Waals surface area (Å²) in [6.45, 7) is 1.55. The summed E-state index contributed by atoms with van der Waals surface area (Å²) in [6, 6.07) is 4.81. The van der Waals surface area contributed by atoms with E-state index < -0.39 is 0 Å². The van der Waals surface area contributed by atoms with Gasteiger partial charge in [-0.3, -0.25) is 9.59 Å². The van der Waals surface area contributed by atoms with E-state index in [1.165, 1.54) is 0 Å². The molecule has 2 rings (SSSR count). The zero-order chi connectivity index (χ0) is 16.1. The van der Waals surface area contributed by atoms with Gasteiger partial charge in [0.25, 0.3) is 5.91 Å². The number of hydrogen-bond acceptors (Lipinski definition) is 3. The minimum absolute atomic E-state index is 0.0454. The van der Waals surface area contributed by atoms with Gasteiger partial charge in [-0.15, -0.1) is 0 Å². The van der Waals surface area contributed by atoms with E-state index in [0.717, 1.165) is 31.2 Å². The number of benzene rings is 1. The molecule has 1 N–H and O–H groups in total. The van der Waals surface area contributed by atoms with Gasteiger partial charge in [-0.2, -0.15) is 0 Å². The Bertz CT molecular complexity index is 556. The number of rotatable bonds is 5. The zero-order valence-corrected chi connectivity index (χ0v) is 13.9. The average Bonchev–Trinajstić information content (AvgIpc) is 2.98. The summed E-state index contributed by atoms with van der Waals surface area (Å²) in [5, 5.41) is 3.79. The largest absolute Gasteiger partial charge is 0.455 e. The van der Waals surface area contributed by atoms with Crippen molar-refractivity contribution in [2.75, 3.05) is 6.61 Å². The van der Waals surface area contributed by atoms with Crippen LogP contribution in [0.2, 0.25) is 10.0 Å². The second kappa shape index (κ2) is 7.84. The molecule has 0 saturated heterocycles. The predicted molar refractivity (Wildman–Crippen MR) is 85.9 cm³/mol. The smallest absolute Gasteiger partial charge is 0.309 e. The van der Waals surface area contributed by atoms with E-state index >= 15 is 0 Å². The fourth-order valence-electron chi connectivity index (χ4n) is 2.63. The number of halogens is 2. The Labute approximate surface area is 140 Å². The van der Waals surface area contributed by atoms with Gasteiger partial charge in [-0.05, 0) is 37.5 Å². The molecule has 1 aliphatic carbocycles. The molecule has 22 heavy (non-hydrogen) atoms. The highest BCUT2D eigenvalue weighted by Gasteiger charge is 2.24. The van der Waals surface area contributed by atoms with Crippen LogP contribution in [-0.4, -0.2) is 18.5 Å². The topological polar surface area (TPSA) is 55.4 Å². The second-order valence-electron chi connectivity index (χ2n) is 5.54. The molecule has 1 aromatic rings. The second-order valence-corrected chi connectivity index (χ2v) is 6.39. The van der Waals surface area contributed by atoms with Gasteiger partial charge in [0.05, 0.1) is 12.0 Å². The fourth-order valence-corrected chi connectivity index (χ4v) is 3.20. The van der Waals surface area contributed by atoms with Crippen LogP contribution in [-0.2, 0) is 14.3 Å². The number of carbonyl (C=O) groups is 2. The number of carbonyl (C=O) groups excluding carboxylic acids is 2. The molecule has 1 aliphatic rings. The van der Waals surface area contributed by atoms with E-state index in [2.05, 4.69) is 5.32 Å². The standard InChI is InChI=1S/C16H19Cl2NO3/c1-10(13-7-6-12(17)8-14(13)18)19-15(20)9-22-16(21)11-4-2-3-5-11/h6-8,10-11H,2-5,9H2,1H3,(H,19,20)/t10-/m1/s1. The van der Waals surface area contributed by atoms with Crippen molar-refractivity contribution in [2.24, 2.45) is 5.92 Å². The van der Waals surface area contributed by atoms with Gasteiger partial charge < -0.3 is 10.1 Å². The summed E-state index contributed by atoms with van der Waals surface area (Å²) in [5.74, 6) is -0.661. The lowest BCUT2D eigenvalue weighted by Crippen LogP contribution is -2.32. The molecular formula is C16H19Cl2NO3. The molecule has 4 nitrogen and oxygen atoms in total. The van der Waals surface area contributed by atoms with E-state index in [-0.39, 0.29) is 30.4 Å². The number of ether oxygens (including phenoxy) is 1. The first-order valence-electron chi connectivity index (χ1n) is 7.38. The molecule has 0 radical (unpaired) electrons. The highest BCUT2D eigenvalue weighted by molar-refractivity contribution is 6.35. The zero-order valence-electron chi connectivity index (χ0n) is 12.4. The van der Waals surface area contributed by atoms with Crippen LogP contribution in [0.4, 0.5) is 0 Å². The summed E-state index contributed by atoms with van der Waals surface area (Å²) in [7, 11) is 0. The third kappa shape index (κ3) is 4.62. The lowest BCUT2D eigenvalue weighted by molar-refractivity contribution is -0.152. The number of nitrogens with one attached hydrogen (secondary N) is 1. The van der Waals surface area contributed by atoms with E-state index in [9.17, 15) is 9.59 Å². The maximum Gasteiger partial charge on any atom is 0.309 e. The molecular weight excluding hydrogens is 325 g/mol. The van der Waals surface area contributed by atoms with Crippen molar-refractivity contribution in [2.45, 2.75) is 38.6 Å². The Kier molecular flexibility index (Phi) is 6.09. The molecule has 1 atom stereocenters. The number of esters is 1. The maximum absolute atomic E-state index is 11.9. The van der Waals surface area contributed by atoms with Gasteiger partial charge in [0.2, 0.25) is 0 Å². The molecule has 1 saturated carbocycles. The molecule has 0 heterocycles. The third-order valence-corrected chi connectivity index (χ3v) is 4.40. The van der Waals surface area contributed by atoms with Crippen LogP contribution >= 0.6 is 23.2 Å². The number of amides is 1. The molecule has 0 spiro atoms. The highest BCUT2D eigenvalue weighted by Crippen LogP contribution is 2.27.